The molecule has 1 aliphatic rings. The molecule has 1 amide bonds. The Labute approximate surface area is 163 Å². The fraction of sp³-hybridized carbons (Fsp3) is 0.381. The molecule has 3 aromatic rings. The molecule has 1 fully saturated rings. The third-order valence-electron chi connectivity index (χ3n) is 5.05. The number of aryl methyl sites for hydroxylation is 1. The number of nitrogens with zero attached hydrogens (tertiary/aromatic N) is 3. The van der Waals surface area contributed by atoms with E-state index in [2.05, 4.69) is 51.4 Å². The smallest absolute Gasteiger partial charge is 0.224 e. The molecular weight excluding hydrogens is 356 g/mol. The minimum Gasteiger partial charge on any atom is -0.355 e. The Bertz CT molecular complexity index is 888. The lowest BCUT2D eigenvalue weighted by atomic mass is 9.97. The summed E-state index contributed by atoms with van der Waals surface area (Å²) in [5.41, 5.74) is 3.45. The molecule has 0 spiro atoms. The van der Waals surface area contributed by atoms with Crippen LogP contribution < -0.4 is 10.2 Å². The quantitative estimate of drug-likeness (QED) is 0.735. The SMILES string of the molecule is Cc1ccc(CCNC(=O)[C@@H]2CCCN(c3nc4cccnc4s3)C2)cc1. The number of hydrogen-bond acceptors (Lipinski definition) is 5. The van der Waals surface area contributed by atoms with E-state index in [0.717, 1.165) is 47.8 Å². The fourth-order valence-corrected chi connectivity index (χ4v) is 4.43. The van der Waals surface area contributed by atoms with Crippen LogP contribution in [0.3, 0.4) is 0 Å². The van der Waals surface area contributed by atoms with Crippen LogP contribution in [0, 0.1) is 12.8 Å². The van der Waals surface area contributed by atoms with Crippen molar-refractivity contribution in [3.05, 3.63) is 53.7 Å². The summed E-state index contributed by atoms with van der Waals surface area (Å²) in [4.78, 5) is 24.9. The van der Waals surface area contributed by atoms with Crippen molar-refractivity contribution in [2.45, 2.75) is 26.2 Å². The Morgan fingerprint density at radius 1 is 1.30 bits per heavy atom. The Kier molecular flexibility index (Phi) is 5.34. The summed E-state index contributed by atoms with van der Waals surface area (Å²) >= 11 is 1.61. The minimum atomic E-state index is 0.0248. The zero-order chi connectivity index (χ0) is 18.6. The molecule has 1 aromatic carbocycles. The molecule has 4 rings (SSSR count). The van der Waals surface area contributed by atoms with E-state index < -0.39 is 0 Å². The van der Waals surface area contributed by atoms with Crippen LogP contribution in [0.25, 0.3) is 10.3 Å². The van der Waals surface area contributed by atoms with Crippen LogP contribution in [-0.4, -0.2) is 35.5 Å². The van der Waals surface area contributed by atoms with Gasteiger partial charge in [0.1, 0.15) is 10.3 Å². The van der Waals surface area contributed by atoms with Gasteiger partial charge in [-0.05, 0) is 43.9 Å². The summed E-state index contributed by atoms with van der Waals surface area (Å²) in [6, 6.07) is 12.4. The first-order chi connectivity index (χ1) is 13.2. The summed E-state index contributed by atoms with van der Waals surface area (Å²) in [6.45, 7) is 4.45. The summed E-state index contributed by atoms with van der Waals surface area (Å²) in [5.74, 6) is 0.183. The molecule has 0 unspecified atom stereocenters. The number of nitrogens with one attached hydrogen (secondary N) is 1. The van der Waals surface area contributed by atoms with Gasteiger partial charge >= 0.3 is 0 Å². The number of pyridine rings is 1. The Balaban J connectivity index is 1.33. The highest BCUT2D eigenvalue weighted by Gasteiger charge is 2.27. The number of hydrogen-bond donors (Lipinski definition) is 1. The molecule has 1 atom stereocenters. The third kappa shape index (κ3) is 4.27. The van der Waals surface area contributed by atoms with Crippen LogP contribution in [0.2, 0.25) is 0 Å². The Morgan fingerprint density at radius 3 is 2.96 bits per heavy atom. The van der Waals surface area contributed by atoms with Crippen molar-refractivity contribution in [2.75, 3.05) is 24.5 Å². The maximum Gasteiger partial charge on any atom is 0.224 e. The summed E-state index contributed by atoms with van der Waals surface area (Å²) in [7, 11) is 0. The number of anilines is 1. The van der Waals surface area contributed by atoms with E-state index in [9.17, 15) is 4.79 Å². The van der Waals surface area contributed by atoms with Crippen molar-refractivity contribution >= 4 is 32.7 Å². The molecule has 0 radical (unpaired) electrons. The number of carbonyl (C=O) groups is 1. The highest BCUT2D eigenvalue weighted by molar-refractivity contribution is 7.21. The zero-order valence-corrected chi connectivity index (χ0v) is 16.3. The van der Waals surface area contributed by atoms with Crippen LogP contribution in [0.1, 0.15) is 24.0 Å². The zero-order valence-electron chi connectivity index (χ0n) is 15.5. The Hall–Kier alpha value is -2.47. The average Bonchev–Trinajstić information content (AvgIpc) is 3.14. The third-order valence-corrected chi connectivity index (χ3v) is 6.09. The molecule has 27 heavy (non-hydrogen) atoms. The first-order valence-electron chi connectivity index (χ1n) is 9.49. The number of aromatic nitrogens is 2. The minimum absolute atomic E-state index is 0.0248. The van der Waals surface area contributed by atoms with Crippen LogP contribution in [0.5, 0.6) is 0 Å². The van der Waals surface area contributed by atoms with Gasteiger partial charge in [-0.1, -0.05) is 41.2 Å². The lowest BCUT2D eigenvalue weighted by Crippen LogP contribution is -2.43. The average molecular weight is 381 g/mol. The van der Waals surface area contributed by atoms with E-state index in [4.69, 9.17) is 0 Å². The van der Waals surface area contributed by atoms with Gasteiger partial charge in [-0.15, -0.1) is 0 Å². The predicted molar refractivity (Wildman–Crippen MR) is 110 cm³/mol. The number of rotatable bonds is 5. The number of benzene rings is 1. The van der Waals surface area contributed by atoms with Crippen molar-refractivity contribution in [3.63, 3.8) is 0 Å². The molecule has 5 nitrogen and oxygen atoms in total. The second-order valence-electron chi connectivity index (χ2n) is 7.14. The van der Waals surface area contributed by atoms with Gasteiger partial charge in [0.2, 0.25) is 5.91 Å². The summed E-state index contributed by atoms with van der Waals surface area (Å²) in [5, 5.41) is 4.09. The molecule has 1 saturated heterocycles. The normalized spacial score (nSPS) is 17.2. The molecule has 1 aliphatic heterocycles. The predicted octanol–water partition coefficient (Wildman–Crippen LogP) is 3.58. The fourth-order valence-electron chi connectivity index (χ4n) is 3.49. The molecule has 0 aliphatic carbocycles. The van der Waals surface area contributed by atoms with Crippen molar-refractivity contribution < 1.29 is 4.79 Å². The van der Waals surface area contributed by atoms with Crippen LogP contribution >= 0.6 is 11.3 Å². The first-order valence-corrected chi connectivity index (χ1v) is 10.3. The molecule has 1 N–H and O–H groups in total. The maximum atomic E-state index is 12.6. The van der Waals surface area contributed by atoms with E-state index in [1.165, 1.54) is 11.1 Å². The lowest BCUT2D eigenvalue weighted by Gasteiger charge is -2.31. The summed E-state index contributed by atoms with van der Waals surface area (Å²) < 4.78 is 0. The molecule has 140 valence electrons. The monoisotopic (exact) mass is 380 g/mol. The Morgan fingerprint density at radius 2 is 2.15 bits per heavy atom. The maximum absolute atomic E-state index is 12.6. The van der Waals surface area contributed by atoms with E-state index in [-0.39, 0.29) is 11.8 Å². The number of amides is 1. The molecular formula is C21H24N4OS. The van der Waals surface area contributed by atoms with Gasteiger partial charge in [-0.3, -0.25) is 4.79 Å². The van der Waals surface area contributed by atoms with E-state index in [1.54, 1.807) is 17.5 Å². The summed E-state index contributed by atoms with van der Waals surface area (Å²) in [6.07, 6.45) is 4.62. The second kappa shape index (κ2) is 8.05. The molecule has 2 aromatic heterocycles. The van der Waals surface area contributed by atoms with Gasteiger partial charge < -0.3 is 10.2 Å². The van der Waals surface area contributed by atoms with Crippen molar-refractivity contribution in [1.29, 1.82) is 0 Å². The number of piperidine rings is 1. The van der Waals surface area contributed by atoms with Gasteiger partial charge in [0.15, 0.2) is 5.13 Å². The number of carbonyl (C=O) groups excluding carboxylic acids is 1. The number of thiazole rings is 1. The second-order valence-corrected chi connectivity index (χ2v) is 8.09. The van der Waals surface area contributed by atoms with Gasteiger partial charge in [0.25, 0.3) is 0 Å². The standard InChI is InChI=1S/C21H24N4OS/c1-15-6-8-16(9-7-15)10-12-22-19(26)17-4-3-13-25(14-17)21-24-18-5-2-11-23-20(18)27-21/h2,5-9,11,17H,3-4,10,12-14H2,1H3,(H,22,26)/t17-/m1/s1. The highest BCUT2D eigenvalue weighted by atomic mass is 32.1. The van der Waals surface area contributed by atoms with E-state index >= 15 is 0 Å². The molecule has 0 saturated carbocycles. The highest BCUT2D eigenvalue weighted by Crippen LogP contribution is 2.30. The van der Waals surface area contributed by atoms with Crippen LogP contribution in [0.4, 0.5) is 5.13 Å². The van der Waals surface area contributed by atoms with Crippen molar-refractivity contribution in [1.82, 2.24) is 15.3 Å². The van der Waals surface area contributed by atoms with Crippen molar-refractivity contribution in [3.8, 4) is 0 Å². The van der Waals surface area contributed by atoms with E-state index in [0.29, 0.717) is 6.54 Å². The molecule has 0 bridgehead atoms. The lowest BCUT2D eigenvalue weighted by molar-refractivity contribution is -0.125. The van der Waals surface area contributed by atoms with Crippen LogP contribution in [-0.2, 0) is 11.2 Å². The van der Waals surface area contributed by atoms with Gasteiger partial charge in [0.05, 0.1) is 5.92 Å². The van der Waals surface area contributed by atoms with Crippen LogP contribution in [0.15, 0.2) is 42.6 Å². The van der Waals surface area contributed by atoms with Crippen molar-refractivity contribution in [2.24, 2.45) is 5.92 Å². The number of fused-ring (bicyclic) bond motifs is 1. The molecule has 6 heteroatoms. The molecule has 3 heterocycles. The topological polar surface area (TPSA) is 58.1 Å². The first kappa shape index (κ1) is 17.9. The van der Waals surface area contributed by atoms with Gasteiger partial charge in [-0.2, -0.15) is 0 Å². The van der Waals surface area contributed by atoms with Gasteiger partial charge in [-0.25, -0.2) is 9.97 Å². The van der Waals surface area contributed by atoms with E-state index in [1.807, 2.05) is 12.1 Å². The van der Waals surface area contributed by atoms with Gasteiger partial charge in [0, 0.05) is 25.8 Å². The largest absolute Gasteiger partial charge is 0.355 e.